The van der Waals surface area contributed by atoms with E-state index in [2.05, 4.69) is 22.5 Å². The Kier molecular flexibility index (Phi) is 4.72. The van der Waals surface area contributed by atoms with Crippen LogP contribution in [-0.2, 0) is 11.2 Å². The third kappa shape index (κ3) is 3.09. The fourth-order valence-corrected chi connectivity index (χ4v) is 3.19. The molecule has 1 aromatic heterocycles. The molecule has 0 aliphatic carbocycles. The molecule has 0 saturated carbocycles. The number of carbonyl (C=O) groups excluding carboxylic acids is 1. The highest BCUT2D eigenvalue weighted by Crippen LogP contribution is 2.31. The standard InChI is InChI=1S/C13H21N3OS/c1-2-4-13(5-7-14-9-13)12(17)15-6-3-11-8-18-10-16-11/h8,10,14H,2-7,9H2,1H3,(H,15,17). The average Bonchev–Trinajstić information content (AvgIpc) is 3.01. The van der Waals surface area contributed by atoms with Crippen molar-refractivity contribution in [2.45, 2.75) is 32.6 Å². The van der Waals surface area contributed by atoms with Gasteiger partial charge in [-0.05, 0) is 19.4 Å². The molecule has 1 aliphatic heterocycles. The second kappa shape index (κ2) is 6.29. The van der Waals surface area contributed by atoms with Crippen LogP contribution in [0.4, 0.5) is 0 Å². The zero-order valence-electron chi connectivity index (χ0n) is 10.9. The van der Waals surface area contributed by atoms with Crippen molar-refractivity contribution < 1.29 is 4.79 Å². The Labute approximate surface area is 112 Å². The normalized spacial score (nSPS) is 23.2. The van der Waals surface area contributed by atoms with Gasteiger partial charge in [0.05, 0.1) is 16.6 Å². The van der Waals surface area contributed by atoms with Gasteiger partial charge in [0.15, 0.2) is 0 Å². The van der Waals surface area contributed by atoms with Crippen LogP contribution in [0, 0.1) is 5.41 Å². The minimum absolute atomic E-state index is 0.170. The topological polar surface area (TPSA) is 54.0 Å². The molecule has 18 heavy (non-hydrogen) atoms. The first-order valence-electron chi connectivity index (χ1n) is 6.63. The summed E-state index contributed by atoms with van der Waals surface area (Å²) in [7, 11) is 0. The van der Waals surface area contributed by atoms with Crippen LogP contribution in [0.15, 0.2) is 10.9 Å². The molecule has 2 rings (SSSR count). The summed E-state index contributed by atoms with van der Waals surface area (Å²) in [4.78, 5) is 16.5. The van der Waals surface area contributed by atoms with E-state index in [1.165, 1.54) is 0 Å². The van der Waals surface area contributed by atoms with E-state index < -0.39 is 0 Å². The van der Waals surface area contributed by atoms with Crippen molar-refractivity contribution in [1.82, 2.24) is 15.6 Å². The minimum atomic E-state index is -0.170. The summed E-state index contributed by atoms with van der Waals surface area (Å²) < 4.78 is 0. The molecule has 100 valence electrons. The van der Waals surface area contributed by atoms with Crippen LogP contribution in [0.1, 0.15) is 31.9 Å². The van der Waals surface area contributed by atoms with Crippen molar-refractivity contribution in [1.29, 1.82) is 0 Å². The van der Waals surface area contributed by atoms with Gasteiger partial charge in [-0.1, -0.05) is 13.3 Å². The summed E-state index contributed by atoms with van der Waals surface area (Å²) in [5.41, 5.74) is 2.72. The van der Waals surface area contributed by atoms with Gasteiger partial charge in [-0.2, -0.15) is 0 Å². The van der Waals surface area contributed by atoms with Crippen LogP contribution >= 0.6 is 11.3 Å². The fourth-order valence-electron chi connectivity index (χ4n) is 2.60. The van der Waals surface area contributed by atoms with Gasteiger partial charge in [0.1, 0.15) is 0 Å². The summed E-state index contributed by atoms with van der Waals surface area (Å²) in [6.45, 7) is 4.61. The Morgan fingerprint density at radius 3 is 3.17 bits per heavy atom. The average molecular weight is 267 g/mol. The lowest BCUT2D eigenvalue weighted by Crippen LogP contribution is -2.43. The monoisotopic (exact) mass is 267 g/mol. The number of aromatic nitrogens is 1. The van der Waals surface area contributed by atoms with Gasteiger partial charge in [0, 0.05) is 24.9 Å². The molecule has 0 bridgehead atoms. The largest absolute Gasteiger partial charge is 0.355 e. The van der Waals surface area contributed by atoms with Crippen molar-refractivity contribution in [2.24, 2.45) is 5.41 Å². The number of carbonyl (C=O) groups is 1. The molecular weight excluding hydrogens is 246 g/mol. The van der Waals surface area contributed by atoms with E-state index in [9.17, 15) is 4.79 Å². The maximum atomic E-state index is 12.3. The van der Waals surface area contributed by atoms with Crippen LogP contribution in [-0.4, -0.2) is 30.5 Å². The van der Waals surface area contributed by atoms with E-state index in [0.717, 1.165) is 44.5 Å². The molecule has 4 nitrogen and oxygen atoms in total. The van der Waals surface area contributed by atoms with Crippen LogP contribution in [0.3, 0.4) is 0 Å². The molecule has 5 heteroatoms. The highest BCUT2D eigenvalue weighted by molar-refractivity contribution is 7.07. The van der Waals surface area contributed by atoms with Gasteiger partial charge in [0.2, 0.25) is 5.91 Å². The Morgan fingerprint density at radius 2 is 2.56 bits per heavy atom. The number of rotatable bonds is 6. The van der Waals surface area contributed by atoms with Gasteiger partial charge >= 0.3 is 0 Å². The minimum Gasteiger partial charge on any atom is -0.355 e. The molecule has 1 atom stereocenters. The zero-order chi connectivity index (χ0) is 12.8. The second-order valence-corrected chi connectivity index (χ2v) is 5.66. The van der Waals surface area contributed by atoms with E-state index >= 15 is 0 Å². The number of thiazole rings is 1. The fraction of sp³-hybridized carbons (Fsp3) is 0.692. The van der Waals surface area contributed by atoms with Crippen molar-refractivity contribution >= 4 is 17.2 Å². The molecule has 0 radical (unpaired) electrons. The smallest absolute Gasteiger partial charge is 0.227 e. The quantitative estimate of drug-likeness (QED) is 0.823. The lowest BCUT2D eigenvalue weighted by atomic mass is 9.81. The first-order valence-corrected chi connectivity index (χ1v) is 7.57. The maximum absolute atomic E-state index is 12.3. The van der Waals surface area contributed by atoms with E-state index in [1.54, 1.807) is 11.3 Å². The van der Waals surface area contributed by atoms with Crippen LogP contribution in [0.5, 0.6) is 0 Å². The second-order valence-electron chi connectivity index (χ2n) is 4.94. The molecule has 1 unspecified atom stereocenters. The Morgan fingerprint density at radius 1 is 1.67 bits per heavy atom. The summed E-state index contributed by atoms with van der Waals surface area (Å²) in [5, 5.41) is 8.42. The van der Waals surface area contributed by atoms with Gasteiger partial charge in [-0.25, -0.2) is 4.98 Å². The van der Waals surface area contributed by atoms with E-state index in [-0.39, 0.29) is 11.3 Å². The number of hydrogen-bond donors (Lipinski definition) is 2. The first-order chi connectivity index (χ1) is 8.77. The highest BCUT2D eigenvalue weighted by Gasteiger charge is 2.39. The molecule has 1 aromatic rings. The van der Waals surface area contributed by atoms with E-state index in [1.807, 2.05) is 10.9 Å². The molecule has 1 saturated heterocycles. The molecule has 0 aromatic carbocycles. The molecule has 1 aliphatic rings. The highest BCUT2D eigenvalue weighted by atomic mass is 32.1. The zero-order valence-corrected chi connectivity index (χ0v) is 11.7. The Bertz CT molecular complexity index is 372. The summed E-state index contributed by atoms with van der Waals surface area (Å²) in [6.07, 6.45) is 3.82. The van der Waals surface area contributed by atoms with Crippen LogP contribution < -0.4 is 10.6 Å². The van der Waals surface area contributed by atoms with E-state index in [0.29, 0.717) is 6.54 Å². The van der Waals surface area contributed by atoms with E-state index in [4.69, 9.17) is 0 Å². The lowest BCUT2D eigenvalue weighted by Gasteiger charge is -2.26. The number of nitrogens with zero attached hydrogens (tertiary/aromatic N) is 1. The summed E-state index contributed by atoms with van der Waals surface area (Å²) in [5.74, 6) is 0.213. The predicted molar refractivity (Wildman–Crippen MR) is 73.7 cm³/mol. The van der Waals surface area contributed by atoms with Crippen LogP contribution in [0.25, 0.3) is 0 Å². The molecule has 1 amide bonds. The Balaban J connectivity index is 1.82. The van der Waals surface area contributed by atoms with Crippen molar-refractivity contribution in [2.75, 3.05) is 19.6 Å². The number of amides is 1. The first kappa shape index (κ1) is 13.5. The van der Waals surface area contributed by atoms with Gasteiger partial charge in [-0.15, -0.1) is 11.3 Å². The SMILES string of the molecule is CCCC1(C(=O)NCCc2cscn2)CCNC1. The van der Waals surface area contributed by atoms with Crippen molar-refractivity contribution in [3.63, 3.8) is 0 Å². The molecule has 2 N–H and O–H groups in total. The maximum Gasteiger partial charge on any atom is 0.227 e. The molecule has 1 fully saturated rings. The third-order valence-corrected chi connectivity index (χ3v) is 4.24. The Hall–Kier alpha value is -0.940. The van der Waals surface area contributed by atoms with Crippen molar-refractivity contribution in [3.05, 3.63) is 16.6 Å². The van der Waals surface area contributed by atoms with Crippen LogP contribution in [0.2, 0.25) is 0 Å². The van der Waals surface area contributed by atoms with Gasteiger partial charge in [0.25, 0.3) is 0 Å². The molecule has 2 heterocycles. The summed E-state index contributed by atoms with van der Waals surface area (Å²) >= 11 is 1.60. The summed E-state index contributed by atoms with van der Waals surface area (Å²) in [6, 6.07) is 0. The number of hydrogen-bond acceptors (Lipinski definition) is 4. The predicted octanol–water partition coefficient (Wildman–Crippen LogP) is 1.58. The third-order valence-electron chi connectivity index (χ3n) is 3.60. The number of nitrogens with one attached hydrogen (secondary N) is 2. The van der Waals surface area contributed by atoms with Gasteiger partial charge < -0.3 is 10.6 Å². The lowest BCUT2D eigenvalue weighted by molar-refractivity contribution is -0.130. The molecular formula is C13H21N3OS. The van der Waals surface area contributed by atoms with Gasteiger partial charge in [-0.3, -0.25) is 4.79 Å². The van der Waals surface area contributed by atoms with Crippen molar-refractivity contribution in [3.8, 4) is 0 Å². The molecule has 0 spiro atoms.